The Morgan fingerprint density at radius 2 is 2.06 bits per heavy atom. The average Bonchev–Trinajstić information content (AvgIpc) is 2.88. The van der Waals surface area contributed by atoms with E-state index < -0.39 is 10.0 Å². The van der Waals surface area contributed by atoms with Gasteiger partial charge in [-0.2, -0.15) is 4.31 Å². The Bertz CT molecular complexity index is 525. The highest BCUT2D eigenvalue weighted by atomic mass is 32.2. The van der Waals surface area contributed by atoms with Crippen LogP contribution in [0.1, 0.15) is 12.8 Å². The predicted molar refractivity (Wildman–Crippen MR) is 73.6 cm³/mol. The third kappa shape index (κ3) is 2.41. The van der Waals surface area contributed by atoms with E-state index in [0.29, 0.717) is 12.3 Å². The normalized spacial score (nSPS) is 20.8. The minimum absolute atomic E-state index is 0.160. The van der Waals surface area contributed by atoms with Gasteiger partial charge >= 0.3 is 0 Å². The highest BCUT2D eigenvalue weighted by Crippen LogP contribution is 2.26. The summed E-state index contributed by atoms with van der Waals surface area (Å²) in [4.78, 5) is 0.284. The quantitative estimate of drug-likeness (QED) is 0.792. The number of methoxy groups -OCH3 is 1. The first-order valence-corrected chi connectivity index (χ1v) is 7.62. The maximum Gasteiger partial charge on any atom is 0.243 e. The lowest BCUT2D eigenvalue weighted by Crippen LogP contribution is -2.35. The van der Waals surface area contributed by atoms with E-state index in [0.717, 1.165) is 12.8 Å². The van der Waals surface area contributed by atoms with Crippen molar-refractivity contribution in [1.29, 1.82) is 0 Å². The first kappa shape index (κ1) is 13.5. The van der Waals surface area contributed by atoms with Crippen molar-refractivity contribution in [2.45, 2.75) is 23.8 Å². The third-order valence-electron chi connectivity index (χ3n) is 3.07. The van der Waals surface area contributed by atoms with Crippen LogP contribution in [0.4, 0.5) is 0 Å². The molecule has 1 aliphatic heterocycles. The molecular formula is C12H15NO3S2. The molecule has 98 valence electrons. The van der Waals surface area contributed by atoms with Gasteiger partial charge in [0.2, 0.25) is 10.0 Å². The number of benzene rings is 1. The zero-order valence-electron chi connectivity index (χ0n) is 10.1. The van der Waals surface area contributed by atoms with Crippen LogP contribution < -0.4 is 4.74 Å². The van der Waals surface area contributed by atoms with Crippen LogP contribution in [-0.2, 0) is 10.0 Å². The Morgan fingerprint density at radius 1 is 1.39 bits per heavy atom. The summed E-state index contributed by atoms with van der Waals surface area (Å²) in [7, 11) is -1.90. The van der Waals surface area contributed by atoms with Gasteiger partial charge in [-0.1, -0.05) is 12.2 Å². The largest absolute Gasteiger partial charge is 0.497 e. The molecule has 1 aromatic carbocycles. The first-order valence-electron chi connectivity index (χ1n) is 5.71. The van der Waals surface area contributed by atoms with Crippen molar-refractivity contribution >= 4 is 27.6 Å². The third-order valence-corrected chi connectivity index (χ3v) is 5.32. The molecule has 6 heteroatoms. The van der Waals surface area contributed by atoms with Crippen molar-refractivity contribution in [3.05, 3.63) is 24.3 Å². The maximum atomic E-state index is 12.4. The van der Waals surface area contributed by atoms with Crippen LogP contribution in [0.15, 0.2) is 29.2 Å². The summed E-state index contributed by atoms with van der Waals surface area (Å²) in [6, 6.07) is 6.26. The van der Waals surface area contributed by atoms with Crippen molar-refractivity contribution in [3.8, 4) is 5.75 Å². The smallest absolute Gasteiger partial charge is 0.243 e. The van der Waals surface area contributed by atoms with E-state index in [1.165, 1.54) is 9.67 Å². The van der Waals surface area contributed by atoms with Gasteiger partial charge in [0.05, 0.1) is 18.0 Å². The molecule has 0 aliphatic carbocycles. The number of hydrogen-bond donors (Lipinski definition) is 0. The molecule has 0 aromatic heterocycles. The van der Waals surface area contributed by atoms with E-state index in [2.05, 4.69) is 0 Å². The molecule has 18 heavy (non-hydrogen) atoms. The van der Waals surface area contributed by atoms with Gasteiger partial charge in [0, 0.05) is 6.54 Å². The summed E-state index contributed by atoms with van der Waals surface area (Å²) in [6.07, 6.45) is 1.66. The summed E-state index contributed by atoms with van der Waals surface area (Å²) >= 11 is 4.90. The molecule has 0 saturated carbocycles. The van der Waals surface area contributed by atoms with Crippen molar-refractivity contribution in [1.82, 2.24) is 4.31 Å². The number of hydrogen-bond acceptors (Lipinski definition) is 4. The standard InChI is InChI=1S/C12H15NO3S2/c1-16-11-4-6-12(7-5-11)18(14,15)13-8-2-3-10(13)9-17/h4-7,9-10H,2-3,8H2,1H3/t10-/m1/s1. The van der Waals surface area contributed by atoms with Gasteiger partial charge in [-0.25, -0.2) is 8.42 Å². The van der Waals surface area contributed by atoms with Crippen molar-refractivity contribution < 1.29 is 13.2 Å². The van der Waals surface area contributed by atoms with Gasteiger partial charge in [0.25, 0.3) is 0 Å². The van der Waals surface area contributed by atoms with E-state index >= 15 is 0 Å². The molecule has 1 saturated heterocycles. The maximum absolute atomic E-state index is 12.4. The molecule has 1 heterocycles. The van der Waals surface area contributed by atoms with Gasteiger partial charge in [-0.05, 0) is 42.5 Å². The van der Waals surface area contributed by atoms with Gasteiger partial charge in [0.15, 0.2) is 0 Å². The first-order chi connectivity index (χ1) is 8.59. The van der Waals surface area contributed by atoms with Gasteiger partial charge < -0.3 is 4.74 Å². The predicted octanol–water partition coefficient (Wildman–Crippen LogP) is 1.85. The fourth-order valence-corrected chi connectivity index (χ4v) is 4.09. The molecule has 0 unspecified atom stereocenters. The van der Waals surface area contributed by atoms with Crippen molar-refractivity contribution in [2.75, 3.05) is 13.7 Å². The van der Waals surface area contributed by atoms with Crippen LogP contribution in [0, 0.1) is 0 Å². The second kappa shape index (κ2) is 5.34. The lowest BCUT2D eigenvalue weighted by Gasteiger charge is -2.20. The van der Waals surface area contributed by atoms with E-state index in [1.54, 1.807) is 31.4 Å². The fourth-order valence-electron chi connectivity index (χ4n) is 2.08. The fraction of sp³-hybridized carbons (Fsp3) is 0.417. The minimum Gasteiger partial charge on any atom is -0.497 e. The van der Waals surface area contributed by atoms with Crippen LogP contribution >= 0.6 is 12.2 Å². The molecule has 1 aliphatic rings. The summed E-state index contributed by atoms with van der Waals surface area (Å²) in [5.74, 6) is 0.641. The van der Waals surface area contributed by atoms with E-state index in [4.69, 9.17) is 17.0 Å². The summed E-state index contributed by atoms with van der Waals surface area (Å²) < 4.78 is 31.3. The summed E-state index contributed by atoms with van der Waals surface area (Å²) in [5, 5.41) is 1.54. The Hall–Kier alpha value is -0.980. The molecular weight excluding hydrogens is 270 g/mol. The monoisotopic (exact) mass is 285 g/mol. The van der Waals surface area contributed by atoms with E-state index in [1.807, 2.05) is 0 Å². The average molecular weight is 285 g/mol. The van der Waals surface area contributed by atoms with Gasteiger partial charge in [-0.3, -0.25) is 0 Å². The van der Waals surface area contributed by atoms with Crippen LogP contribution in [0.3, 0.4) is 0 Å². The number of sulfonamides is 1. The van der Waals surface area contributed by atoms with Crippen molar-refractivity contribution in [3.63, 3.8) is 0 Å². The molecule has 0 bridgehead atoms. The molecule has 2 rings (SSSR count). The second-order valence-electron chi connectivity index (χ2n) is 4.14. The topological polar surface area (TPSA) is 46.6 Å². The number of ether oxygens (including phenoxy) is 1. The molecule has 1 aromatic rings. The zero-order chi connectivity index (χ0) is 13.2. The Labute approximate surface area is 113 Å². The SMILES string of the molecule is COc1ccc(S(=O)(=O)N2CCC[C@@H]2C=S)cc1. The molecule has 4 nitrogen and oxygen atoms in total. The van der Waals surface area contributed by atoms with E-state index in [-0.39, 0.29) is 10.9 Å². The molecule has 0 amide bonds. The Kier molecular flexibility index (Phi) is 3.99. The lowest BCUT2D eigenvalue weighted by atomic mass is 10.3. The number of nitrogens with zero attached hydrogens (tertiary/aromatic N) is 1. The van der Waals surface area contributed by atoms with Gasteiger partial charge in [0.1, 0.15) is 5.75 Å². The van der Waals surface area contributed by atoms with Crippen LogP contribution in [-0.4, -0.2) is 37.8 Å². The van der Waals surface area contributed by atoms with Gasteiger partial charge in [-0.15, -0.1) is 0 Å². The van der Waals surface area contributed by atoms with Crippen LogP contribution in [0.5, 0.6) is 5.75 Å². The number of rotatable bonds is 4. The molecule has 0 N–H and O–H groups in total. The highest BCUT2D eigenvalue weighted by molar-refractivity contribution is 7.89. The van der Waals surface area contributed by atoms with Crippen molar-refractivity contribution in [2.24, 2.45) is 0 Å². The zero-order valence-corrected chi connectivity index (χ0v) is 11.7. The minimum atomic E-state index is -3.45. The second-order valence-corrected chi connectivity index (χ2v) is 6.30. The molecule has 1 atom stereocenters. The van der Waals surface area contributed by atoms with Crippen LogP contribution in [0.2, 0.25) is 0 Å². The summed E-state index contributed by atoms with van der Waals surface area (Å²) in [5.41, 5.74) is 0. The number of thiocarbonyl (C=S) groups is 1. The highest BCUT2D eigenvalue weighted by Gasteiger charge is 2.33. The van der Waals surface area contributed by atoms with Crippen LogP contribution in [0.25, 0.3) is 0 Å². The molecule has 1 fully saturated rings. The van der Waals surface area contributed by atoms with E-state index in [9.17, 15) is 8.42 Å². The lowest BCUT2D eigenvalue weighted by molar-refractivity contribution is 0.414. The summed E-state index contributed by atoms with van der Waals surface area (Å²) in [6.45, 7) is 0.534. The Morgan fingerprint density at radius 3 is 2.61 bits per heavy atom. The molecule has 0 spiro atoms. The molecule has 0 radical (unpaired) electrons. The Balaban J connectivity index is 2.32.